The fraction of sp³-hybridized carbons (Fsp3) is 0.417. The molecule has 2 aromatic heterocycles. The van der Waals surface area contributed by atoms with Crippen LogP contribution in [0.2, 0.25) is 0 Å². The van der Waals surface area contributed by atoms with Gasteiger partial charge in [-0.25, -0.2) is 9.97 Å². The Morgan fingerprint density at radius 2 is 2.05 bits per heavy atom. The summed E-state index contributed by atoms with van der Waals surface area (Å²) in [6.45, 7) is 3.86. The molecule has 8 heteroatoms. The summed E-state index contributed by atoms with van der Waals surface area (Å²) in [7, 11) is 1.71. The summed E-state index contributed by atoms with van der Waals surface area (Å²) in [5, 5.41) is 18.3. The number of hydrogen-bond acceptors (Lipinski definition) is 6. The van der Waals surface area contributed by atoms with Gasteiger partial charge in [-0.1, -0.05) is 13.8 Å². The standard InChI is InChI=1S/C12H16N6O2/c1-4-9-14-11(5-2)17(16-9)12-8(18(19)20)6-7-10(13-3)15-12/h6-7H,4-5H2,1-3H3,(H,13,15). The van der Waals surface area contributed by atoms with Crippen molar-refractivity contribution in [3.05, 3.63) is 33.9 Å². The molecule has 0 fully saturated rings. The Morgan fingerprint density at radius 3 is 2.60 bits per heavy atom. The van der Waals surface area contributed by atoms with Crippen molar-refractivity contribution in [2.45, 2.75) is 26.7 Å². The maximum absolute atomic E-state index is 11.2. The van der Waals surface area contributed by atoms with Gasteiger partial charge in [0.25, 0.3) is 0 Å². The van der Waals surface area contributed by atoms with Crippen LogP contribution in [0.15, 0.2) is 12.1 Å². The Morgan fingerprint density at radius 1 is 1.30 bits per heavy atom. The van der Waals surface area contributed by atoms with Crippen LogP contribution in [0.4, 0.5) is 11.5 Å². The Bertz CT molecular complexity index is 637. The molecule has 2 rings (SSSR count). The van der Waals surface area contributed by atoms with Crippen molar-refractivity contribution in [2.75, 3.05) is 12.4 Å². The molecule has 0 amide bonds. The van der Waals surface area contributed by atoms with Gasteiger partial charge in [0.05, 0.1) is 4.92 Å². The number of rotatable bonds is 5. The Labute approximate surface area is 116 Å². The normalized spacial score (nSPS) is 10.6. The Hall–Kier alpha value is -2.51. The average Bonchev–Trinajstić information content (AvgIpc) is 2.89. The predicted molar refractivity (Wildman–Crippen MR) is 74.1 cm³/mol. The van der Waals surface area contributed by atoms with E-state index in [-0.39, 0.29) is 11.5 Å². The molecule has 2 aromatic rings. The van der Waals surface area contributed by atoms with Gasteiger partial charge in [-0.05, 0) is 6.07 Å². The van der Waals surface area contributed by atoms with E-state index in [1.54, 1.807) is 13.1 Å². The molecule has 0 aliphatic rings. The van der Waals surface area contributed by atoms with Crippen LogP contribution >= 0.6 is 0 Å². The first-order valence-electron chi connectivity index (χ1n) is 6.39. The van der Waals surface area contributed by atoms with Crippen molar-refractivity contribution >= 4 is 11.5 Å². The van der Waals surface area contributed by atoms with Crippen molar-refractivity contribution in [3.8, 4) is 5.82 Å². The van der Waals surface area contributed by atoms with E-state index < -0.39 is 4.92 Å². The van der Waals surface area contributed by atoms with E-state index in [0.717, 1.165) is 0 Å². The highest BCUT2D eigenvalue weighted by Crippen LogP contribution is 2.23. The van der Waals surface area contributed by atoms with Crippen molar-refractivity contribution in [1.82, 2.24) is 19.7 Å². The van der Waals surface area contributed by atoms with Crippen LogP contribution < -0.4 is 5.32 Å². The molecule has 0 aromatic carbocycles. The predicted octanol–water partition coefficient (Wildman–Crippen LogP) is 1.74. The maximum Gasteiger partial charge on any atom is 0.313 e. The molecule has 0 bridgehead atoms. The fourth-order valence-electron chi connectivity index (χ4n) is 1.82. The van der Waals surface area contributed by atoms with Crippen LogP contribution in [-0.4, -0.2) is 31.7 Å². The van der Waals surface area contributed by atoms with Crippen LogP contribution in [0.5, 0.6) is 0 Å². The first kappa shape index (κ1) is 13.9. The fourth-order valence-corrected chi connectivity index (χ4v) is 1.82. The van der Waals surface area contributed by atoms with Gasteiger partial charge in [-0.2, -0.15) is 4.68 Å². The molecule has 0 spiro atoms. The molecule has 0 saturated carbocycles. The number of aromatic nitrogens is 4. The van der Waals surface area contributed by atoms with Gasteiger partial charge < -0.3 is 5.32 Å². The van der Waals surface area contributed by atoms with E-state index in [4.69, 9.17) is 0 Å². The van der Waals surface area contributed by atoms with Crippen molar-refractivity contribution < 1.29 is 4.92 Å². The third kappa shape index (κ3) is 2.44. The quantitative estimate of drug-likeness (QED) is 0.659. The van der Waals surface area contributed by atoms with Crippen LogP contribution in [0.3, 0.4) is 0 Å². The van der Waals surface area contributed by atoms with E-state index in [1.807, 2.05) is 13.8 Å². The van der Waals surface area contributed by atoms with E-state index >= 15 is 0 Å². The summed E-state index contributed by atoms with van der Waals surface area (Å²) in [6, 6.07) is 2.98. The minimum Gasteiger partial charge on any atom is -0.373 e. The zero-order valence-corrected chi connectivity index (χ0v) is 11.6. The Kier molecular flexibility index (Phi) is 3.92. The second-order valence-corrected chi connectivity index (χ2v) is 4.11. The molecule has 0 aliphatic carbocycles. The number of nitrogens with one attached hydrogen (secondary N) is 1. The minimum atomic E-state index is -0.464. The molecule has 8 nitrogen and oxygen atoms in total. The topological polar surface area (TPSA) is 98.8 Å². The lowest BCUT2D eigenvalue weighted by Crippen LogP contribution is -2.09. The van der Waals surface area contributed by atoms with E-state index in [0.29, 0.717) is 30.3 Å². The Balaban J connectivity index is 2.66. The van der Waals surface area contributed by atoms with Crippen LogP contribution in [0, 0.1) is 10.1 Å². The first-order valence-corrected chi connectivity index (χ1v) is 6.39. The SMILES string of the molecule is CCc1nc(CC)n(-c2nc(NC)ccc2[N+](=O)[O-])n1. The highest BCUT2D eigenvalue weighted by Gasteiger charge is 2.21. The molecular weight excluding hydrogens is 260 g/mol. The summed E-state index contributed by atoms with van der Waals surface area (Å²) >= 11 is 0. The molecular formula is C12H16N6O2. The lowest BCUT2D eigenvalue weighted by molar-refractivity contribution is -0.384. The lowest BCUT2D eigenvalue weighted by atomic mass is 10.3. The third-order valence-corrected chi connectivity index (χ3v) is 2.86. The maximum atomic E-state index is 11.2. The van der Waals surface area contributed by atoms with Gasteiger partial charge in [0.2, 0.25) is 5.82 Å². The zero-order chi connectivity index (χ0) is 14.7. The summed E-state index contributed by atoms with van der Waals surface area (Å²) in [5.41, 5.74) is -0.0914. The van der Waals surface area contributed by atoms with Crippen LogP contribution in [0.25, 0.3) is 5.82 Å². The van der Waals surface area contributed by atoms with Gasteiger partial charge in [0.1, 0.15) is 11.6 Å². The first-order chi connectivity index (χ1) is 9.60. The minimum absolute atomic E-state index is 0.0914. The summed E-state index contributed by atoms with van der Waals surface area (Å²) in [6.07, 6.45) is 1.29. The molecule has 20 heavy (non-hydrogen) atoms. The van der Waals surface area contributed by atoms with Gasteiger partial charge in [0.15, 0.2) is 5.82 Å². The smallest absolute Gasteiger partial charge is 0.313 e. The van der Waals surface area contributed by atoms with Crippen LogP contribution in [-0.2, 0) is 12.8 Å². The number of aryl methyl sites for hydroxylation is 2. The molecule has 2 heterocycles. The van der Waals surface area contributed by atoms with Gasteiger partial charge in [0, 0.05) is 26.0 Å². The number of pyridine rings is 1. The molecule has 0 aliphatic heterocycles. The van der Waals surface area contributed by atoms with Gasteiger partial charge in [-0.3, -0.25) is 10.1 Å². The number of nitro groups is 1. The summed E-state index contributed by atoms with van der Waals surface area (Å²) in [5.74, 6) is 2.03. The molecule has 106 valence electrons. The highest BCUT2D eigenvalue weighted by atomic mass is 16.6. The van der Waals surface area contributed by atoms with Crippen molar-refractivity contribution in [2.24, 2.45) is 0 Å². The second-order valence-electron chi connectivity index (χ2n) is 4.11. The molecule has 0 atom stereocenters. The highest BCUT2D eigenvalue weighted by molar-refractivity contribution is 5.53. The molecule has 0 saturated heterocycles. The molecule has 1 N–H and O–H groups in total. The third-order valence-electron chi connectivity index (χ3n) is 2.86. The van der Waals surface area contributed by atoms with E-state index in [9.17, 15) is 10.1 Å². The van der Waals surface area contributed by atoms with E-state index in [1.165, 1.54) is 10.7 Å². The van der Waals surface area contributed by atoms with Gasteiger partial charge in [-0.15, -0.1) is 5.10 Å². The van der Waals surface area contributed by atoms with Crippen molar-refractivity contribution in [1.29, 1.82) is 0 Å². The average molecular weight is 276 g/mol. The number of hydrogen-bond donors (Lipinski definition) is 1. The number of nitrogens with zero attached hydrogens (tertiary/aromatic N) is 5. The van der Waals surface area contributed by atoms with Crippen molar-refractivity contribution in [3.63, 3.8) is 0 Å². The zero-order valence-electron chi connectivity index (χ0n) is 11.6. The molecule has 0 radical (unpaired) electrons. The summed E-state index contributed by atoms with van der Waals surface area (Å²) in [4.78, 5) is 19.3. The summed E-state index contributed by atoms with van der Waals surface area (Å²) < 4.78 is 1.46. The second kappa shape index (κ2) is 5.64. The van der Waals surface area contributed by atoms with Crippen LogP contribution in [0.1, 0.15) is 25.5 Å². The number of anilines is 1. The van der Waals surface area contributed by atoms with Gasteiger partial charge >= 0.3 is 5.69 Å². The molecule has 0 unspecified atom stereocenters. The monoisotopic (exact) mass is 276 g/mol. The lowest BCUT2D eigenvalue weighted by Gasteiger charge is -2.06. The van der Waals surface area contributed by atoms with E-state index in [2.05, 4.69) is 20.4 Å². The largest absolute Gasteiger partial charge is 0.373 e.